The van der Waals surface area contributed by atoms with Gasteiger partial charge in [-0.3, -0.25) is 4.79 Å². The van der Waals surface area contributed by atoms with Crippen molar-refractivity contribution in [2.75, 3.05) is 12.9 Å². The van der Waals surface area contributed by atoms with Crippen LogP contribution in [0.4, 0.5) is 4.39 Å². The first-order valence-corrected chi connectivity index (χ1v) is 8.76. The highest BCUT2D eigenvalue weighted by Gasteiger charge is 2.15. The van der Waals surface area contributed by atoms with Crippen LogP contribution in [0.25, 0.3) is 0 Å². The van der Waals surface area contributed by atoms with Gasteiger partial charge in [-0.25, -0.2) is 4.39 Å². The molecule has 2 aromatic carbocycles. The Labute approximate surface area is 142 Å². The molecule has 0 spiro atoms. The second kappa shape index (κ2) is 7.79. The van der Waals surface area contributed by atoms with E-state index in [1.165, 1.54) is 25.3 Å². The largest absolute Gasteiger partial charge is 0.494 e. The zero-order valence-corrected chi connectivity index (χ0v) is 14.8. The summed E-state index contributed by atoms with van der Waals surface area (Å²) in [6.07, 6.45) is 0. The Morgan fingerprint density at radius 2 is 2.05 bits per heavy atom. The molecule has 0 amide bonds. The van der Waals surface area contributed by atoms with Crippen LogP contribution in [0.3, 0.4) is 0 Å². The summed E-state index contributed by atoms with van der Waals surface area (Å²) < 4.78 is 19.1. The van der Waals surface area contributed by atoms with Gasteiger partial charge in [0.2, 0.25) is 0 Å². The summed E-state index contributed by atoms with van der Waals surface area (Å²) in [5.74, 6) is 1.38. The Balaban J connectivity index is 2.29. The van der Waals surface area contributed by atoms with Crippen molar-refractivity contribution in [3.05, 3.63) is 63.4 Å². The fraction of sp³-hybridized carbons (Fsp3) is 0.235. The zero-order chi connectivity index (χ0) is 16.1. The predicted molar refractivity (Wildman–Crippen MR) is 92.4 cm³/mol. The van der Waals surface area contributed by atoms with Crippen LogP contribution in [-0.2, 0) is 5.75 Å². The normalized spacial score (nSPS) is 10.5. The fourth-order valence-electron chi connectivity index (χ4n) is 2.01. The number of methoxy groups -OCH3 is 1. The van der Waals surface area contributed by atoms with Gasteiger partial charge in [0.05, 0.1) is 7.11 Å². The van der Waals surface area contributed by atoms with E-state index >= 15 is 0 Å². The van der Waals surface area contributed by atoms with E-state index in [0.717, 1.165) is 21.5 Å². The molecular formula is C17H16BrFO2S. The highest BCUT2D eigenvalue weighted by molar-refractivity contribution is 9.10. The molecule has 0 bridgehead atoms. The molecule has 0 heterocycles. The minimum absolute atomic E-state index is 0.0675. The third kappa shape index (κ3) is 3.90. The van der Waals surface area contributed by atoms with Crippen LogP contribution in [0, 0.1) is 5.82 Å². The van der Waals surface area contributed by atoms with E-state index in [4.69, 9.17) is 4.74 Å². The Hall–Kier alpha value is -1.33. The van der Waals surface area contributed by atoms with Crippen LogP contribution >= 0.6 is 27.7 Å². The Morgan fingerprint density at radius 1 is 1.27 bits per heavy atom. The summed E-state index contributed by atoms with van der Waals surface area (Å²) >= 11 is 5.27. The van der Waals surface area contributed by atoms with Crippen LogP contribution in [0.2, 0.25) is 0 Å². The number of thioether (sulfide) groups is 1. The fourth-order valence-corrected chi connectivity index (χ4v) is 3.23. The molecule has 22 heavy (non-hydrogen) atoms. The van der Waals surface area contributed by atoms with E-state index in [2.05, 4.69) is 22.9 Å². The van der Waals surface area contributed by atoms with Crippen molar-refractivity contribution in [2.24, 2.45) is 0 Å². The highest BCUT2D eigenvalue weighted by atomic mass is 79.9. The number of hydrogen-bond acceptors (Lipinski definition) is 3. The van der Waals surface area contributed by atoms with Crippen molar-refractivity contribution in [3.63, 3.8) is 0 Å². The first-order valence-electron chi connectivity index (χ1n) is 6.81. The standard InChI is InChI=1S/C17H16BrFO2S/c1-3-22-10-11-4-6-13(14(18)8-11)17(20)12-5-7-15(19)16(9-12)21-2/h4-9H,3,10H2,1-2H3. The molecule has 0 radical (unpaired) electrons. The summed E-state index contributed by atoms with van der Waals surface area (Å²) in [5.41, 5.74) is 2.11. The van der Waals surface area contributed by atoms with Gasteiger partial charge in [0.25, 0.3) is 0 Å². The highest BCUT2D eigenvalue weighted by Crippen LogP contribution is 2.26. The van der Waals surface area contributed by atoms with Crippen LogP contribution in [-0.4, -0.2) is 18.6 Å². The van der Waals surface area contributed by atoms with Crippen LogP contribution in [0.5, 0.6) is 5.75 Å². The molecule has 0 saturated heterocycles. The average Bonchev–Trinajstić information content (AvgIpc) is 2.53. The molecule has 0 unspecified atom stereocenters. The Morgan fingerprint density at radius 3 is 2.68 bits per heavy atom. The molecule has 0 fully saturated rings. The second-order valence-corrected chi connectivity index (χ2v) is 6.76. The van der Waals surface area contributed by atoms with Gasteiger partial charge in [-0.15, -0.1) is 0 Å². The third-order valence-electron chi connectivity index (χ3n) is 3.16. The van der Waals surface area contributed by atoms with Crippen molar-refractivity contribution < 1.29 is 13.9 Å². The van der Waals surface area contributed by atoms with Gasteiger partial charge in [-0.1, -0.05) is 28.9 Å². The topological polar surface area (TPSA) is 26.3 Å². The molecule has 0 N–H and O–H groups in total. The lowest BCUT2D eigenvalue weighted by molar-refractivity contribution is 0.103. The number of halogens is 2. The molecule has 0 aliphatic heterocycles. The first kappa shape index (κ1) is 17.0. The molecule has 0 aliphatic carbocycles. The maximum absolute atomic E-state index is 13.4. The van der Waals surface area contributed by atoms with Crippen molar-refractivity contribution in [1.29, 1.82) is 0 Å². The van der Waals surface area contributed by atoms with E-state index < -0.39 is 5.82 Å². The van der Waals surface area contributed by atoms with Gasteiger partial charge in [0.15, 0.2) is 17.3 Å². The number of benzene rings is 2. The quantitative estimate of drug-likeness (QED) is 0.651. The average molecular weight is 383 g/mol. The molecule has 116 valence electrons. The van der Waals surface area contributed by atoms with Crippen LogP contribution in [0.15, 0.2) is 40.9 Å². The van der Waals surface area contributed by atoms with Crippen molar-refractivity contribution in [2.45, 2.75) is 12.7 Å². The van der Waals surface area contributed by atoms with Gasteiger partial charge in [-0.2, -0.15) is 11.8 Å². The first-order chi connectivity index (χ1) is 10.6. The molecule has 0 saturated carbocycles. The number of ketones is 1. The molecule has 2 rings (SSSR count). The minimum Gasteiger partial charge on any atom is -0.494 e. The van der Waals surface area contributed by atoms with E-state index in [9.17, 15) is 9.18 Å². The van der Waals surface area contributed by atoms with Gasteiger partial charge in [0.1, 0.15) is 0 Å². The SMILES string of the molecule is CCSCc1ccc(C(=O)c2ccc(F)c(OC)c2)c(Br)c1. The zero-order valence-electron chi connectivity index (χ0n) is 12.4. The van der Waals surface area contributed by atoms with E-state index in [1.54, 1.807) is 6.07 Å². The summed E-state index contributed by atoms with van der Waals surface area (Å²) in [4.78, 5) is 12.6. The van der Waals surface area contributed by atoms with E-state index in [-0.39, 0.29) is 11.5 Å². The van der Waals surface area contributed by atoms with E-state index in [0.29, 0.717) is 11.1 Å². The van der Waals surface area contributed by atoms with E-state index in [1.807, 2.05) is 23.9 Å². The van der Waals surface area contributed by atoms with Gasteiger partial charge in [-0.05, 0) is 41.6 Å². The number of hydrogen-bond donors (Lipinski definition) is 0. The molecule has 0 atom stereocenters. The molecule has 2 nitrogen and oxygen atoms in total. The summed E-state index contributed by atoms with van der Waals surface area (Å²) in [5, 5.41) is 0. The van der Waals surface area contributed by atoms with Crippen molar-refractivity contribution in [3.8, 4) is 5.75 Å². The molecule has 5 heteroatoms. The summed E-state index contributed by atoms with van der Waals surface area (Å²) in [7, 11) is 1.38. The van der Waals surface area contributed by atoms with Crippen molar-refractivity contribution in [1.82, 2.24) is 0 Å². The lowest BCUT2D eigenvalue weighted by Gasteiger charge is -2.08. The van der Waals surface area contributed by atoms with Crippen molar-refractivity contribution >= 4 is 33.5 Å². The predicted octanol–water partition coefficient (Wildman–Crippen LogP) is 5.08. The molecule has 2 aromatic rings. The van der Waals surface area contributed by atoms with Gasteiger partial charge in [0, 0.05) is 21.4 Å². The summed E-state index contributed by atoms with van der Waals surface area (Å²) in [6.45, 7) is 2.11. The second-order valence-electron chi connectivity index (χ2n) is 4.63. The Bertz CT molecular complexity index is 688. The maximum Gasteiger partial charge on any atom is 0.194 e. The molecule has 0 aromatic heterocycles. The van der Waals surface area contributed by atoms with Crippen LogP contribution in [0.1, 0.15) is 28.4 Å². The monoisotopic (exact) mass is 382 g/mol. The van der Waals surface area contributed by atoms with Gasteiger partial charge < -0.3 is 4.74 Å². The number of ether oxygens (including phenoxy) is 1. The number of carbonyl (C=O) groups is 1. The lowest BCUT2D eigenvalue weighted by Crippen LogP contribution is -2.04. The maximum atomic E-state index is 13.4. The third-order valence-corrected chi connectivity index (χ3v) is 4.77. The molecular weight excluding hydrogens is 367 g/mol. The van der Waals surface area contributed by atoms with Gasteiger partial charge >= 0.3 is 0 Å². The number of carbonyl (C=O) groups excluding carboxylic acids is 1. The Kier molecular flexibility index (Phi) is 6.03. The minimum atomic E-state index is -0.481. The smallest absolute Gasteiger partial charge is 0.194 e. The van der Waals surface area contributed by atoms with Crippen LogP contribution < -0.4 is 4.74 Å². The molecule has 0 aliphatic rings. The number of rotatable bonds is 6. The summed E-state index contributed by atoms with van der Waals surface area (Å²) in [6, 6.07) is 9.83. The lowest BCUT2D eigenvalue weighted by atomic mass is 10.0.